The van der Waals surface area contributed by atoms with Gasteiger partial charge in [0.25, 0.3) is 0 Å². The zero-order valence-electron chi connectivity index (χ0n) is 15.6. The van der Waals surface area contributed by atoms with E-state index in [4.69, 9.17) is 4.52 Å². The molecule has 28 heavy (non-hydrogen) atoms. The Labute approximate surface area is 167 Å². The van der Waals surface area contributed by atoms with E-state index in [1.807, 2.05) is 22.9 Å². The van der Waals surface area contributed by atoms with Crippen molar-refractivity contribution in [2.45, 2.75) is 32.2 Å². The van der Waals surface area contributed by atoms with Crippen molar-refractivity contribution in [3.8, 4) is 11.4 Å². The highest BCUT2D eigenvalue weighted by molar-refractivity contribution is 7.09. The van der Waals surface area contributed by atoms with Crippen LogP contribution in [0.3, 0.4) is 0 Å². The zero-order valence-corrected chi connectivity index (χ0v) is 16.4. The molecule has 1 aliphatic rings. The van der Waals surface area contributed by atoms with Gasteiger partial charge in [-0.15, -0.1) is 16.4 Å². The van der Waals surface area contributed by atoms with Crippen molar-refractivity contribution in [3.63, 3.8) is 0 Å². The Morgan fingerprint density at radius 3 is 2.86 bits per heavy atom. The minimum atomic E-state index is 0.594. The SMILES string of the molecule is c1csc(Cc2nc(-c3ccc4c(c3)nnn4CCN3CCCCC3)no2)c1. The third kappa shape index (κ3) is 3.70. The third-order valence-electron chi connectivity index (χ3n) is 5.22. The molecule has 0 saturated carbocycles. The van der Waals surface area contributed by atoms with Gasteiger partial charge in [-0.25, -0.2) is 4.68 Å². The van der Waals surface area contributed by atoms with E-state index < -0.39 is 0 Å². The van der Waals surface area contributed by atoms with E-state index in [1.54, 1.807) is 11.3 Å². The molecule has 4 aromatic rings. The molecular weight excluding hydrogens is 372 g/mol. The predicted octanol–water partition coefficient (Wildman–Crippen LogP) is 3.62. The number of nitrogens with zero attached hydrogens (tertiary/aromatic N) is 6. The average Bonchev–Trinajstić information content (AvgIpc) is 3.48. The molecule has 0 atom stereocenters. The van der Waals surface area contributed by atoms with E-state index in [0.717, 1.165) is 29.7 Å². The van der Waals surface area contributed by atoms with Crippen LogP contribution >= 0.6 is 11.3 Å². The van der Waals surface area contributed by atoms with Gasteiger partial charge in [0.15, 0.2) is 0 Å². The van der Waals surface area contributed by atoms with Gasteiger partial charge in [-0.1, -0.05) is 22.9 Å². The molecule has 0 radical (unpaired) electrons. The van der Waals surface area contributed by atoms with Crippen molar-refractivity contribution in [2.24, 2.45) is 0 Å². The van der Waals surface area contributed by atoms with Gasteiger partial charge in [-0.05, 0) is 55.6 Å². The Hall–Kier alpha value is -2.58. The first-order chi connectivity index (χ1) is 13.8. The minimum Gasteiger partial charge on any atom is -0.339 e. The van der Waals surface area contributed by atoms with Crippen molar-refractivity contribution in [1.82, 2.24) is 30.0 Å². The summed E-state index contributed by atoms with van der Waals surface area (Å²) in [6, 6.07) is 10.2. The fraction of sp³-hybridized carbons (Fsp3) is 0.400. The summed E-state index contributed by atoms with van der Waals surface area (Å²) in [6.45, 7) is 4.28. The molecular formula is C20H22N6OS. The molecule has 0 bridgehead atoms. The lowest BCUT2D eigenvalue weighted by atomic mass is 10.1. The van der Waals surface area contributed by atoms with Crippen LogP contribution in [0.5, 0.6) is 0 Å². The maximum atomic E-state index is 5.41. The lowest BCUT2D eigenvalue weighted by Crippen LogP contribution is -2.32. The van der Waals surface area contributed by atoms with Crippen molar-refractivity contribution in [2.75, 3.05) is 19.6 Å². The summed E-state index contributed by atoms with van der Waals surface area (Å²) < 4.78 is 7.41. The lowest BCUT2D eigenvalue weighted by molar-refractivity contribution is 0.218. The summed E-state index contributed by atoms with van der Waals surface area (Å²) in [7, 11) is 0. The van der Waals surface area contributed by atoms with Crippen molar-refractivity contribution in [3.05, 3.63) is 46.5 Å². The van der Waals surface area contributed by atoms with Crippen LogP contribution in [-0.2, 0) is 13.0 Å². The average molecular weight is 395 g/mol. The summed E-state index contributed by atoms with van der Waals surface area (Å²) in [5.41, 5.74) is 2.81. The second-order valence-electron chi connectivity index (χ2n) is 7.19. The van der Waals surface area contributed by atoms with Crippen molar-refractivity contribution in [1.29, 1.82) is 0 Å². The zero-order chi connectivity index (χ0) is 18.8. The molecule has 0 unspecified atom stereocenters. The van der Waals surface area contributed by atoms with Crippen LogP contribution in [0.1, 0.15) is 30.0 Å². The summed E-state index contributed by atoms with van der Waals surface area (Å²) in [6.07, 6.45) is 4.64. The maximum absolute atomic E-state index is 5.41. The largest absolute Gasteiger partial charge is 0.339 e. The molecule has 4 heterocycles. The van der Waals surface area contributed by atoms with E-state index in [9.17, 15) is 0 Å². The number of likely N-dealkylation sites (tertiary alicyclic amines) is 1. The molecule has 7 nitrogen and oxygen atoms in total. The van der Waals surface area contributed by atoms with Crippen molar-refractivity contribution < 1.29 is 4.52 Å². The number of hydrogen-bond acceptors (Lipinski definition) is 7. The molecule has 0 N–H and O–H groups in total. The van der Waals surface area contributed by atoms with Crippen LogP contribution in [0, 0.1) is 0 Å². The highest BCUT2D eigenvalue weighted by atomic mass is 32.1. The number of thiophene rings is 1. The standard InChI is InChI=1S/C20H22N6OS/c1-2-8-25(9-3-1)10-11-26-18-7-6-15(13-17(18)22-24-26)20-21-19(27-23-20)14-16-5-4-12-28-16/h4-7,12-13H,1-3,8-11,14H2. The maximum Gasteiger partial charge on any atom is 0.232 e. The van der Waals surface area contributed by atoms with Crippen LogP contribution in [0.4, 0.5) is 0 Å². The summed E-state index contributed by atoms with van der Waals surface area (Å²) in [5, 5.41) is 14.9. The summed E-state index contributed by atoms with van der Waals surface area (Å²) >= 11 is 1.69. The van der Waals surface area contributed by atoms with Crippen LogP contribution in [0.15, 0.2) is 40.2 Å². The van der Waals surface area contributed by atoms with E-state index >= 15 is 0 Å². The topological polar surface area (TPSA) is 72.9 Å². The van der Waals surface area contributed by atoms with Gasteiger partial charge in [-0.2, -0.15) is 4.98 Å². The van der Waals surface area contributed by atoms with E-state index in [0.29, 0.717) is 18.1 Å². The Bertz CT molecular complexity index is 1050. The van der Waals surface area contributed by atoms with E-state index in [-0.39, 0.29) is 0 Å². The second-order valence-corrected chi connectivity index (χ2v) is 8.22. The number of aromatic nitrogens is 5. The number of benzene rings is 1. The molecule has 144 valence electrons. The molecule has 1 aromatic carbocycles. The molecule has 1 fully saturated rings. The smallest absolute Gasteiger partial charge is 0.232 e. The highest BCUT2D eigenvalue weighted by Crippen LogP contribution is 2.22. The van der Waals surface area contributed by atoms with Crippen LogP contribution in [-0.4, -0.2) is 49.7 Å². The number of piperidine rings is 1. The molecule has 8 heteroatoms. The molecule has 1 aliphatic heterocycles. The van der Waals surface area contributed by atoms with Gasteiger partial charge in [0.2, 0.25) is 11.7 Å². The third-order valence-corrected chi connectivity index (χ3v) is 6.10. The van der Waals surface area contributed by atoms with Gasteiger partial charge in [0, 0.05) is 17.0 Å². The molecule has 3 aromatic heterocycles. The molecule has 0 amide bonds. The van der Waals surface area contributed by atoms with Crippen LogP contribution in [0.2, 0.25) is 0 Å². The first-order valence-corrected chi connectivity index (χ1v) is 10.6. The Kier molecular flexibility index (Phi) is 4.88. The predicted molar refractivity (Wildman–Crippen MR) is 108 cm³/mol. The Balaban J connectivity index is 1.31. The van der Waals surface area contributed by atoms with Crippen LogP contribution < -0.4 is 0 Å². The van der Waals surface area contributed by atoms with Gasteiger partial charge >= 0.3 is 0 Å². The fourth-order valence-electron chi connectivity index (χ4n) is 3.70. The number of rotatable bonds is 6. The van der Waals surface area contributed by atoms with E-state index in [2.05, 4.69) is 42.9 Å². The van der Waals surface area contributed by atoms with Crippen molar-refractivity contribution >= 4 is 22.4 Å². The van der Waals surface area contributed by atoms with E-state index in [1.165, 1.54) is 37.2 Å². The van der Waals surface area contributed by atoms with Gasteiger partial charge < -0.3 is 9.42 Å². The molecule has 0 spiro atoms. The van der Waals surface area contributed by atoms with Crippen LogP contribution in [0.25, 0.3) is 22.4 Å². The van der Waals surface area contributed by atoms with Gasteiger partial charge in [0.05, 0.1) is 18.5 Å². The minimum absolute atomic E-state index is 0.594. The fourth-order valence-corrected chi connectivity index (χ4v) is 4.40. The number of hydrogen-bond donors (Lipinski definition) is 0. The molecule has 5 rings (SSSR count). The summed E-state index contributed by atoms with van der Waals surface area (Å²) in [5.74, 6) is 1.22. The Morgan fingerprint density at radius 2 is 2.00 bits per heavy atom. The monoisotopic (exact) mass is 394 g/mol. The van der Waals surface area contributed by atoms with Gasteiger partial charge in [-0.3, -0.25) is 0 Å². The normalized spacial score (nSPS) is 15.4. The first-order valence-electron chi connectivity index (χ1n) is 9.76. The first kappa shape index (κ1) is 17.5. The Morgan fingerprint density at radius 1 is 1.07 bits per heavy atom. The quantitative estimate of drug-likeness (QED) is 0.497. The number of fused-ring (bicyclic) bond motifs is 1. The molecule has 0 aliphatic carbocycles. The second kappa shape index (κ2) is 7.81. The molecule has 1 saturated heterocycles. The summed E-state index contributed by atoms with van der Waals surface area (Å²) in [4.78, 5) is 8.26. The lowest BCUT2D eigenvalue weighted by Gasteiger charge is -2.26. The highest BCUT2D eigenvalue weighted by Gasteiger charge is 2.14. The van der Waals surface area contributed by atoms with Gasteiger partial charge in [0.1, 0.15) is 5.52 Å².